The van der Waals surface area contributed by atoms with Crippen molar-refractivity contribution in [3.63, 3.8) is 0 Å². The van der Waals surface area contributed by atoms with E-state index in [2.05, 4.69) is 11.1 Å². The molecule has 1 aromatic carbocycles. The normalized spacial score (nSPS) is 10.1. The zero-order chi connectivity index (χ0) is 17.9. The van der Waals surface area contributed by atoms with Crippen LogP contribution in [-0.2, 0) is 4.74 Å². The molecule has 0 aliphatic rings. The Morgan fingerprint density at radius 3 is 2.46 bits per heavy atom. The fourth-order valence-corrected chi connectivity index (χ4v) is 2.80. The van der Waals surface area contributed by atoms with E-state index in [-0.39, 0.29) is 12.2 Å². The lowest BCUT2D eigenvalue weighted by molar-refractivity contribution is 0.0526. The van der Waals surface area contributed by atoms with Crippen molar-refractivity contribution in [2.24, 2.45) is 0 Å². The topological polar surface area (TPSA) is 69.1 Å². The van der Waals surface area contributed by atoms with Crippen LogP contribution in [0.4, 0.5) is 5.69 Å². The molecule has 5 nitrogen and oxygen atoms in total. The van der Waals surface area contributed by atoms with Crippen LogP contribution in [0.15, 0.2) is 24.3 Å². The zero-order valence-electron chi connectivity index (χ0n) is 14.1. The number of carbonyl (C=O) groups excluding carboxylic acids is 1. The van der Waals surface area contributed by atoms with Crippen LogP contribution in [0, 0.1) is 22.9 Å². The monoisotopic (exact) mass is 341 g/mol. The van der Waals surface area contributed by atoms with Crippen LogP contribution in [0.25, 0.3) is 11.1 Å². The minimum absolute atomic E-state index is 0.259. The Morgan fingerprint density at radius 1 is 1.33 bits per heavy atom. The van der Waals surface area contributed by atoms with Gasteiger partial charge in [0, 0.05) is 31.0 Å². The van der Waals surface area contributed by atoms with Crippen LogP contribution in [-0.4, -0.2) is 31.7 Å². The van der Waals surface area contributed by atoms with Crippen LogP contribution >= 0.6 is 12.2 Å². The van der Waals surface area contributed by atoms with Gasteiger partial charge in [-0.25, -0.2) is 4.79 Å². The Hall–Kier alpha value is -2.65. The molecule has 0 radical (unpaired) electrons. The third kappa shape index (κ3) is 3.31. The predicted molar refractivity (Wildman–Crippen MR) is 96.8 cm³/mol. The summed E-state index contributed by atoms with van der Waals surface area (Å²) in [6, 6.07) is 9.73. The Kier molecular flexibility index (Phi) is 5.37. The summed E-state index contributed by atoms with van der Waals surface area (Å²) in [6.45, 7) is 3.75. The maximum absolute atomic E-state index is 12.4. The molecule has 0 amide bonds. The number of rotatable bonds is 4. The first kappa shape index (κ1) is 17.7. The van der Waals surface area contributed by atoms with Crippen molar-refractivity contribution in [2.45, 2.75) is 13.8 Å². The molecule has 124 valence electrons. The Balaban J connectivity index is 2.77. The van der Waals surface area contributed by atoms with E-state index in [1.807, 2.05) is 43.3 Å². The molecule has 0 saturated heterocycles. The molecule has 0 spiro atoms. The van der Waals surface area contributed by atoms with E-state index in [1.165, 1.54) is 0 Å². The number of anilines is 1. The molecule has 0 aliphatic heterocycles. The highest BCUT2D eigenvalue weighted by molar-refractivity contribution is 7.71. The van der Waals surface area contributed by atoms with Crippen molar-refractivity contribution in [1.82, 2.24) is 4.98 Å². The smallest absolute Gasteiger partial charge is 0.340 e. The average Bonchev–Trinajstić information content (AvgIpc) is 2.54. The number of nitriles is 1. The molecule has 24 heavy (non-hydrogen) atoms. The lowest BCUT2D eigenvalue weighted by Gasteiger charge is -2.16. The highest BCUT2D eigenvalue weighted by Gasteiger charge is 2.22. The van der Waals surface area contributed by atoms with E-state index in [1.54, 1.807) is 13.8 Å². The van der Waals surface area contributed by atoms with Crippen LogP contribution in [0.3, 0.4) is 0 Å². The van der Waals surface area contributed by atoms with Crippen molar-refractivity contribution >= 4 is 23.9 Å². The number of nitrogens with zero attached hydrogens (tertiary/aromatic N) is 2. The summed E-state index contributed by atoms with van der Waals surface area (Å²) in [6.07, 6.45) is 0. The quantitative estimate of drug-likeness (QED) is 0.676. The van der Waals surface area contributed by atoms with Crippen LogP contribution in [0.1, 0.15) is 28.5 Å². The van der Waals surface area contributed by atoms with E-state index < -0.39 is 5.97 Å². The number of aromatic nitrogens is 1. The fourth-order valence-electron chi connectivity index (χ4n) is 2.50. The predicted octanol–water partition coefficient (Wildman–Crippen LogP) is 3.83. The van der Waals surface area contributed by atoms with Gasteiger partial charge in [0.05, 0.1) is 17.7 Å². The first-order chi connectivity index (χ1) is 11.4. The first-order valence-electron chi connectivity index (χ1n) is 7.52. The maximum Gasteiger partial charge on any atom is 0.340 e. The average molecular weight is 341 g/mol. The second kappa shape index (κ2) is 7.28. The number of hydrogen-bond acceptors (Lipinski definition) is 5. The summed E-state index contributed by atoms with van der Waals surface area (Å²) in [5.41, 5.74) is 3.50. The highest BCUT2D eigenvalue weighted by atomic mass is 32.1. The molecule has 0 unspecified atom stereocenters. The minimum Gasteiger partial charge on any atom is -0.462 e. The molecule has 0 fully saturated rings. The molecule has 6 heteroatoms. The van der Waals surface area contributed by atoms with Gasteiger partial charge in [-0.15, -0.1) is 0 Å². The van der Waals surface area contributed by atoms with Gasteiger partial charge in [-0.1, -0.05) is 24.4 Å². The number of benzene rings is 1. The summed E-state index contributed by atoms with van der Waals surface area (Å²) in [5, 5.41) is 9.53. The van der Waals surface area contributed by atoms with Gasteiger partial charge in [-0.3, -0.25) is 0 Å². The van der Waals surface area contributed by atoms with Crippen molar-refractivity contribution in [3.05, 3.63) is 45.7 Å². The van der Waals surface area contributed by atoms with Gasteiger partial charge in [0.15, 0.2) is 0 Å². The number of carbonyl (C=O) groups is 1. The van der Waals surface area contributed by atoms with Crippen LogP contribution in [0.2, 0.25) is 0 Å². The Bertz CT molecular complexity index is 862. The third-order valence-corrected chi connectivity index (χ3v) is 3.97. The Morgan fingerprint density at radius 2 is 1.96 bits per heavy atom. The van der Waals surface area contributed by atoms with E-state index >= 15 is 0 Å². The molecular formula is C18H19N3O2S. The summed E-state index contributed by atoms with van der Waals surface area (Å²) < 4.78 is 5.48. The van der Waals surface area contributed by atoms with Crippen molar-refractivity contribution in [1.29, 1.82) is 5.26 Å². The Labute approximate surface area is 146 Å². The standard InChI is InChI=1S/C18H19N3O2S/c1-5-23-18(22)15-11(2)20-17(24)14(10-19)16(15)12-6-8-13(9-7-12)21(3)4/h6-9H,5H2,1-4H3,(H,20,24). The molecule has 2 rings (SSSR count). The fraction of sp³-hybridized carbons (Fsp3) is 0.278. The van der Waals surface area contributed by atoms with Gasteiger partial charge < -0.3 is 14.6 Å². The number of esters is 1. The van der Waals surface area contributed by atoms with E-state index in [0.717, 1.165) is 11.3 Å². The van der Waals surface area contributed by atoms with E-state index in [0.29, 0.717) is 21.5 Å². The lowest BCUT2D eigenvalue weighted by atomic mass is 9.95. The summed E-state index contributed by atoms with van der Waals surface area (Å²) >= 11 is 5.27. The second-order valence-electron chi connectivity index (χ2n) is 5.48. The van der Waals surface area contributed by atoms with E-state index in [9.17, 15) is 10.1 Å². The van der Waals surface area contributed by atoms with E-state index in [4.69, 9.17) is 17.0 Å². The molecule has 1 N–H and O–H groups in total. The third-order valence-electron chi connectivity index (χ3n) is 3.67. The summed E-state index contributed by atoms with van der Waals surface area (Å²) in [5.74, 6) is -0.468. The van der Waals surface area contributed by atoms with Gasteiger partial charge in [-0.05, 0) is 31.5 Å². The van der Waals surface area contributed by atoms with Crippen molar-refractivity contribution < 1.29 is 9.53 Å². The van der Waals surface area contributed by atoms with Gasteiger partial charge in [0.2, 0.25) is 0 Å². The SMILES string of the molecule is CCOC(=O)c1c(C)[nH]c(=S)c(C#N)c1-c1ccc(N(C)C)cc1. The summed E-state index contributed by atoms with van der Waals surface area (Å²) in [7, 11) is 3.89. The van der Waals surface area contributed by atoms with Gasteiger partial charge in [-0.2, -0.15) is 5.26 Å². The molecule has 0 bridgehead atoms. The van der Waals surface area contributed by atoms with Crippen molar-refractivity contribution in [3.8, 4) is 17.2 Å². The number of H-pyrrole nitrogens is 1. The largest absolute Gasteiger partial charge is 0.462 e. The molecule has 1 aromatic heterocycles. The molecule has 0 atom stereocenters. The molecule has 1 heterocycles. The van der Waals surface area contributed by atoms with Gasteiger partial charge in [0.25, 0.3) is 0 Å². The first-order valence-corrected chi connectivity index (χ1v) is 7.93. The second-order valence-corrected chi connectivity index (χ2v) is 5.89. The zero-order valence-corrected chi connectivity index (χ0v) is 15.0. The van der Waals surface area contributed by atoms with Gasteiger partial charge in [0.1, 0.15) is 10.7 Å². The van der Waals surface area contributed by atoms with Crippen molar-refractivity contribution in [2.75, 3.05) is 25.6 Å². The number of pyridine rings is 1. The number of hydrogen-bond donors (Lipinski definition) is 1. The van der Waals surface area contributed by atoms with Crippen LogP contribution < -0.4 is 4.90 Å². The molecule has 0 aliphatic carbocycles. The number of nitrogens with one attached hydrogen (secondary N) is 1. The molecular weight excluding hydrogens is 322 g/mol. The number of ether oxygens (including phenoxy) is 1. The maximum atomic E-state index is 12.4. The lowest BCUT2D eigenvalue weighted by Crippen LogP contribution is -2.12. The molecule has 2 aromatic rings. The summed E-state index contributed by atoms with van der Waals surface area (Å²) in [4.78, 5) is 17.3. The molecule has 0 saturated carbocycles. The number of aryl methyl sites for hydroxylation is 1. The number of aromatic amines is 1. The minimum atomic E-state index is -0.468. The highest BCUT2D eigenvalue weighted by Crippen LogP contribution is 2.31. The van der Waals surface area contributed by atoms with Gasteiger partial charge >= 0.3 is 5.97 Å². The van der Waals surface area contributed by atoms with Crippen LogP contribution in [0.5, 0.6) is 0 Å².